The molecule has 2 heterocycles. The molecule has 1 aromatic rings. The summed E-state index contributed by atoms with van der Waals surface area (Å²) in [6.45, 7) is 5.02. The summed E-state index contributed by atoms with van der Waals surface area (Å²) in [6, 6.07) is 9.64. The van der Waals surface area contributed by atoms with E-state index >= 15 is 0 Å². The number of rotatable bonds is 7. The van der Waals surface area contributed by atoms with Crippen LogP contribution in [0.2, 0.25) is 0 Å². The lowest BCUT2D eigenvalue weighted by atomic mass is 9.94. The predicted molar refractivity (Wildman–Crippen MR) is 115 cm³/mol. The molecule has 0 unspecified atom stereocenters. The number of hydrogen-bond donors (Lipinski definition) is 0. The van der Waals surface area contributed by atoms with Crippen molar-refractivity contribution in [1.82, 2.24) is 9.80 Å². The fourth-order valence-electron chi connectivity index (χ4n) is 5.62. The average Bonchev–Trinajstić information content (AvgIpc) is 3.23. The first-order valence-electron chi connectivity index (χ1n) is 11.9. The van der Waals surface area contributed by atoms with Crippen molar-refractivity contribution < 1.29 is 9.53 Å². The van der Waals surface area contributed by atoms with Crippen molar-refractivity contribution in [3.8, 4) is 0 Å². The molecule has 2 saturated heterocycles. The van der Waals surface area contributed by atoms with Crippen LogP contribution in [-0.4, -0.2) is 60.6 Å². The van der Waals surface area contributed by atoms with Crippen LogP contribution >= 0.6 is 0 Å². The Kier molecular flexibility index (Phi) is 5.92. The van der Waals surface area contributed by atoms with Gasteiger partial charge in [0.05, 0.1) is 6.10 Å². The molecule has 0 N–H and O–H groups in total. The second-order valence-corrected chi connectivity index (χ2v) is 9.89. The van der Waals surface area contributed by atoms with Gasteiger partial charge in [-0.2, -0.15) is 0 Å². The van der Waals surface area contributed by atoms with Gasteiger partial charge in [-0.15, -0.1) is 0 Å². The van der Waals surface area contributed by atoms with E-state index in [0.29, 0.717) is 23.8 Å². The van der Waals surface area contributed by atoms with Gasteiger partial charge < -0.3 is 9.64 Å². The van der Waals surface area contributed by atoms with Crippen LogP contribution in [-0.2, 0) is 22.4 Å². The van der Waals surface area contributed by atoms with Crippen molar-refractivity contribution in [2.45, 2.75) is 69.9 Å². The molecular weight excluding hydrogens is 360 g/mol. The summed E-state index contributed by atoms with van der Waals surface area (Å²) in [5.41, 5.74) is 3.10. The van der Waals surface area contributed by atoms with Crippen molar-refractivity contribution in [1.29, 1.82) is 0 Å². The minimum atomic E-state index is 0.273. The molecule has 4 aliphatic rings. The summed E-state index contributed by atoms with van der Waals surface area (Å²) in [5.74, 6) is 1.71. The molecular formula is C25H36N2O2. The Morgan fingerprint density at radius 3 is 2.31 bits per heavy atom. The third kappa shape index (κ3) is 4.86. The van der Waals surface area contributed by atoms with Crippen LogP contribution in [0.15, 0.2) is 24.3 Å². The number of likely N-dealkylation sites (tertiary alicyclic amines) is 1. The van der Waals surface area contributed by atoms with Gasteiger partial charge in [0.1, 0.15) is 0 Å². The Hall–Kier alpha value is -1.39. The summed E-state index contributed by atoms with van der Waals surface area (Å²) in [6.07, 6.45) is 10.7. The van der Waals surface area contributed by atoms with Gasteiger partial charge in [-0.05, 0) is 87.4 Å². The Bertz CT molecular complexity index is 678. The van der Waals surface area contributed by atoms with Crippen molar-refractivity contribution in [3.63, 3.8) is 0 Å². The number of benzene rings is 1. The predicted octanol–water partition coefficient (Wildman–Crippen LogP) is 3.67. The van der Waals surface area contributed by atoms with E-state index < -0.39 is 0 Å². The summed E-state index contributed by atoms with van der Waals surface area (Å²) in [4.78, 5) is 17.8. The Balaban J connectivity index is 1.13. The standard InChI is InChI=1S/C25H36N2O2/c28-25(14-19-7-8-19)27(18-24-6-3-13-29-24)17-20-9-11-26(12-10-20)23-15-21-4-1-2-5-22(21)16-23/h1-2,4-5,19-20,23-24H,3,6-18H2/t24-/m1/s1. The summed E-state index contributed by atoms with van der Waals surface area (Å²) in [5, 5.41) is 0. The highest BCUT2D eigenvalue weighted by molar-refractivity contribution is 5.76. The Morgan fingerprint density at radius 2 is 1.69 bits per heavy atom. The molecule has 1 amide bonds. The van der Waals surface area contributed by atoms with Gasteiger partial charge in [0.25, 0.3) is 0 Å². The van der Waals surface area contributed by atoms with Gasteiger partial charge >= 0.3 is 0 Å². The molecule has 2 aliphatic heterocycles. The first-order chi connectivity index (χ1) is 14.2. The zero-order valence-electron chi connectivity index (χ0n) is 17.7. The molecule has 3 fully saturated rings. The maximum atomic E-state index is 12.9. The maximum absolute atomic E-state index is 12.9. The van der Waals surface area contributed by atoms with E-state index in [2.05, 4.69) is 34.1 Å². The van der Waals surface area contributed by atoms with Gasteiger partial charge in [-0.1, -0.05) is 24.3 Å². The number of amides is 1. The first-order valence-corrected chi connectivity index (χ1v) is 11.9. The molecule has 5 rings (SSSR count). The van der Waals surface area contributed by atoms with Gasteiger partial charge in [0.2, 0.25) is 5.91 Å². The van der Waals surface area contributed by atoms with E-state index in [4.69, 9.17) is 4.74 Å². The minimum Gasteiger partial charge on any atom is -0.376 e. The minimum absolute atomic E-state index is 0.273. The van der Waals surface area contributed by atoms with E-state index in [1.807, 2.05) is 0 Å². The molecule has 29 heavy (non-hydrogen) atoms. The largest absolute Gasteiger partial charge is 0.376 e. The molecule has 1 saturated carbocycles. The highest BCUT2D eigenvalue weighted by Crippen LogP contribution is 2.34. The zero-order chi connectivity index (χ0) is 19.6. The molecule has 1 aromatic carbocycles. The normalized spacial score (nSPS) is 26.0. The molecule has 0 aromatic heterocycles. The highest BCUT2D eigenvalue weighted by Gasteiger charge is 2.33. The van der Waals surface area contributed by atoms with Crippen molar-refractivity contribution in [3.05, 3.63) is 35.4 Å². The van der Waals surface area contributed by atoms with Crippen LogP contribution in [0, 0.1) is 11.8 Å². The number of nitrogens with zero attached hydrogens (tertiary/aromatic N) is 2. The molecule has 0 radical (unpaired) electrons. The van der Waals surface area contributed by atoms with E-state index in [-0.39, 0.29) is 6.10 Å². The van der Waals surface area contributed by atoms with Crippen molar-refractivity contribution in [2.24, 2.45) is 11.8 Å². The second-order valence-electron chi connectivity index (χ2n) is 9.89. The van der Waals surface area contributed by atoms with Gasteiger partial charge in [-0.25, -0.2) is 0 Å². The van der Waals surface area contributed by atoms with Crippen LogP contribution in [0.25, 0.3) is 0 Å². The van der Waals surface area contributed by atoms with E-state index in [9.17, 15) is 4.79 Å². The summed E-state index contributed by atoms with van der Waals surface area (Å²) >= 11 is 0. The second kappa shape index (κ2) is 8.77. The lowest BCUT2D eigenvalue weighted by Crippen LogP contribution is -2.46. The quantitative estimate of drug-likeness (QED) is 0.705. The number of carbonyl (C=O) groups excluding carboxylic acids is 1. The highest BCUT2D eigenvalue weighted by atomic mass is 16.5. The topological polar surface area (TPSA) is 32.8 Å². The third-order valence-electron chi connectivity index (χ3n) is 7.63. The monoisotopic (exact) mass is 396 g/mol. The molecule has 0 spiro atoms. The number of carbonyl (C=O) groups is 1. The summed E-state index contributed by atoms with van der Waals surface area (Å²) in [7, 11) is 0. The van der Waals surface area contributed by atoms with E-state index in [1.54, 1.807) is 11.1 Å². The van der Waals surface area contributed by atoms with E-state index in [0.717, 1.165) is 39.0 Å². The van der Waals surface area contributed by atoms with Crippen LogP contribution in [0.4, 0.5) is 0 Å². The first kappa shape index (κ1) is 19.6. The lowest BCUT2D eigenvalue weighted by molar-refractivity contribution is -0.134. The SMILES string of the molecule is O=C(CC1CC1)N(CC1CCN(C2Cc3ccccc3C2)CC1)C[C@H]1CCCO1. The summed E-state index contributed by atoms with van der Waals surface area (Å²) < 4.78 is 5.86. The number of hydrogen-bond acceptors (Lipinski definition) is 3. The van der Waals surface area contributed by atoms with Gasteiger partial charge in [-0.3, -0.25) is 9.69 Å². The van der Waals surface area contributed by atoms with E-state index in [1.165, 1.54) is 51.6 Å². The van der Waals surface area contributed by atoms with Crippen LogP contribution < -0.4 is 0 Å². The van der Waals surface area contributed by atoms with Crippen molar-refractivity contribution in [2.75, 3.05) is 32.8 Å². The maximum Gasteiger partial charge on any atom is 0.222 e. The molecule has 1 atom stereocenters. The molecule has 0 bridgehead atoms. The fourth-order valence-corrected chi connectivity index (χ4v) is 5.62. The zero-order valence-corrected chi connectivity index (χ0v) is 17.7. The smallest absolute Gasteiger partial charge is 0.222 e. The number of ether oxygens (including phenoxy) is 1. The van der Waals surface area contributed by atoms with Crippen LogP contribution in [0.3, 0.4) is 0 Å². The molecule has 4 heteroatoms. The van der Waals surface area contributed by atoms with Gasteiger partial charge in [0, 0.05) is 32.2 Å². The number of fused-ring (bicyclic) bond motifs is 1. The molecule has 4 nitrogen and oxygen atoms in total. The molecule has 2 aliphatic carbocycles. The van der Waals surface area contributed by atoms with Crippen molar-refractivity contribution >= 4 is 5.91 Å². The lowest BCUT2D eigenvalue weighted by Gasteiger charge is -2.38. The Labute approximate surface area is 175 Å². The Morgan fingerprint density at radius 1 is 0.966 bits per heavy atom. The third-order valence-corrected chi connectivity index (χ3v) is 7.63. The number of piperidine rings is 1. The van der Waals surface area contributed by atoms with Gasteiger partial charge in [0.15, 0.2) is 0 Å². The van der Waals surface area contributed by atoms with Crippen LogP contribution in [0.1, 0.15) is 56.1 Å². The molecule has 158 valence electrons. The van der Waals surface area contributed by atoms with Crippen LogP contribution in [0.5, 0.6) is 0 Å². The average molecular weight is 397 g/mol. The fraction of sp³-hybridized carbons (Fsp3) is 0.720.